The van der Waals surface area contributed by atoms with Gasteiger partial charge < -0.3 is 19.5 Å². The number of hydrogen-bond donors (Lipinski definition) is 1. The molecule has 0 spiro atoms. The Bertz CT molecular complexity index is 858. The zero-order valence-electron chi connectivity index (χ0n) is 15.0. The summed E-state index contributed by atoms with van der Waals surface area (Å²) in [7, 11) is 3.02. The molecule has 0 aliphatic carbocycles. The van der Waals surface area contributed by atoms with Crippen molar-refractivity contribution in [3.05, 3.63) is 45.6 Å². The zero-order valence-corrected chi connectivity index (χ0v) is 16.5. The quantitative estimate of drug-likeness (QED) is 0.700. The second-order valence-corrected chi connectivity index (χ2v) is 6.24. The minimum absolute atomic E-state index is 0.0560. The third kappa shape index (κ3) is 5.48. The number of carbonyl (C=O) groups is 2. The summed E-state index contributed by atoms with van der Waals surface area (Å²) < 4.78 is 15.3. The summed E-state index contributed by atoms with van der Waals surface area (Å²) in [6, 6.07) is 5.05. The Morgan fingerprint density at radius 2 is 1.93 bits per heavy atom. The fourth-order valence-electron chi connectivity index (χ4n) is 2.16. The number of benzene rings is 1. The first-order valence-corrected chi connectivity index (χ1v) is 8.58. The number of methoxy groups -OCH3 is 2. The molecule has 7 nitrogen and oxygen atoms in total. The molecular formula is C18H18Cl2N2O5. The number of rotatable bonds is 7. The first-order chi connectivity index (χ1) is 12.8. The molecule has 27 heavy (non-hydrogen) atoms. The van der Waals surface area contributed by atoms with Crippen LogP contribution >= 0.6 is 23.2 Å². The van der Waals surface area contributed by atoms with Gasteiger partial charge in [-0.05, 0) is 18.6 Å². The summed E-state index contributed by atoms with van der Waals surface area (Å²) in [4.78, 5) is 27.9. The molecule has 1 heterocycles. The number of nitrogens with one attached hydrogen (secondary N) is 1. The van der Waals surface area contributed by atoms with Crippen molar-refractivity contribution < 1.29 is 23.8 Å². The number of pyridine rings is 1. The second-order valence-electron chi connectivity index (χ2n) is 5.46. The molecule has 0 aliphatic heterocycles. The maximum Gasteiger partial charge on any atom is 0.310 e. The molecule has 0 radical (unpaired) electrons. The van der Waals surface area contributed by atoms with Crippen LogP contribution in [0.4, 0.5) is 5.82 Å². The topological polar surface area (TPSA) is 86.8 Å². The van der Waals surface area contributed by atoms with Crippen LogP contribution in [0.2, 0.25) is 10.0 Å². The van der Waals surface area contributed by atoms with Crippen molar-refractivity contribution in [3.63, 3.8) is 0 Å². The first-order valence-electron chi connectivity index (χ1n) is 7.82. The van der Waals surface area contributed by atoms with Gasteiger partial charge in [0.1, 0.15) is 11.5 Å². The third-order valence-corrected chi connectivity index (χ3v) is 4.50. The van der Waals surface area contributed by atoms with Gasteiger partial charge in [-0.15, -0.1) is 0 Å². The van der Waals surface area contributed by atoms with Crippen LogP contribution in [-0.4, -0.2) is 37.7 Å². The number of ether oxygens (including phenoxy) is 3. The van der Waals surface area contributed by atoms with Gasteiger partial charge in [0, 0.05) is 17.8 Å². The predicted octanol–water partition coefficient (Wildman–Crippen LogP) is 3.44. The molecule has 0 fully saturated rings. The third-order valence-electron chi connectivity index (χ3n) is 3.65. The average molecular weight is 413 g/mol. The van der Waals surface area contributed by atoms with Gasteiger partial charge in [0.05, 0.1) is 30.7 Å². The number of aromatic nitrogens is 1. The molecule has 1 aromatic carbocycles. The van der Waals surface area contributed by atoms with E-state index < -0.39 is 18.5 Å². The normalized spacial score (nSPS) is 10.3. The van der Waals surface area contributed by atoms with E-state index in [0.29, 0.717) is 27.6 Å². The maximum absolute atomic E-state index is 12.0. The Morgan fingerprint density at radius 1 is 1.19 bits per heavy atom. The maximum atomic E-state index is 12.0. The minimum atomic E-state index is -0.583. The van der Waals surface area contributed by atoms with Crippen LogP contribution in [0.5, 0.6) is 11.5 Å². The molecule has 0 aliphatic rings. The highest BCUT2D eigenvalue weighted by molar-refractivity contribution is 6.37. The monoisotopic (exact) mass is 412 g/mol. The van der Waals surface area contributed by atoms with Crippen molar-refractivity contribution in [1.82, 2.24) is 4.98 Å². The number of halogens is 2. The van der Waals surface area contributed by atoms with Crippen molar-refractivity contribution in [1.29, 1.82) is 0 Å². The van der Waals surface area contributed by atoms with E-state index >= 15 is 0 Å². The van der Waals surface area contributed by atoms with Crippen molar-refractivity contribution >= 4 is 40.9 Å². The number of hydrogen-bond acceptors (Lipinski definition) is 6. The van der Waals surface area contributed by atoms with Gasteiger partial charge in [0.2, 0.25) is 0 Å². The lowest BCUT2D eigenvalue weighted by molar-refractivity contribution is -0.146. The lowest BCUT2D eigenvalue weighted by Gasteiger charge is -2.11. The Kier molecular flexibility index (Phi) is 7.27. The van der Waals surface area contributed by atoms with Crippen LogP contribution < -0.4 is 14.8 Å². The second kappa shape index (κ2) is 9.43. The lowest BCUT2D eigenvalue weighted by Crippen LogP contribution is -2.22. The number of esters is 1. The molecule has 1 aromatic heterocycles. The summed E-state index contributed by atoms with van der Waals surface area (Å²) in [5.41, 5.74) is 1.20. The predicted molar refractivity (Wildman–Crippen MR) is 102 cm³/mol. The smallest absolute Gasteiger partial charge is 0.310 e. The molecule has 144 valence electrons. The molecule has 9 heteroatoms. The van der Waals surface area contributed by atoms with Crippen LogP contribution in [0.15, 0.2) is 24.4 Å². The van der Waals surface area contributed by atoms with Crippen LogP contribution in [0.3, 0.4) is 0 Å². The first kappa shape index (κ1) is 20.8. The Balaban J connectivity index is 1.92. The largest absolute Gasteiger partial charge is 0.497 e. The molecule has 0 saturated heterocycles. The van der Waals surface area contributed by atoms with E-state index in [4.69, 9.17) is 37.4 Å². The minimum Gasteiger partial charge on any atom is -0.497 e. The Morgan fingerprint density at radius 3 is 2.59 bits per heavy atom. The molecule has 0 atom stereocenters. The van der Waals surface area contributed by atoms with Crippen molar-refractivity contribution in [3.8, 4) is 11.5 Å². The highest BCUT2D eigenvalue weighted by atomic mass is 35.5. The molecule has 0 bridgehead atoms. The summed E-state index contributed by atoms with van der Waals surface area (Å²) in [6.45, 7) is 1.22. The summed E-state index contributed by atoms with van der Waals surface area (Å²) in [5, 5.41) is 3.09. The van der Waals surface area contributed by atoms with E-state index in [-0.39, 0.29) is 17.3 Å². The Hall–Kier alpha value is -2.51. The van der Waals surface area contributed by atoms with Gasteiger partial charge in [-0.3, -0.25) is 9.59 Å². The molecule has 1 amide bonds. The van der Waals surface area contributed by atoms with Crippen molar-refractivity contribution in [2.75, 3.05) is 26.1 Å². The van der Waals surface area contributed by atoms with E-state index in [0.717, 1.165) is 0 Å². The molecule has 2 rings (SSSR count). The molecule has 2 aromatic rings. The SMILES string of the molecule is COc1ccc(CC(=O)OCC(=O)Nc2ncc(Cl)c(C)c2Cl)c(OC)c1. The van der Waals surface area contributed by atoms with Crippen LogP contribution in [0.25, 0.3) is 0 Å². The lowest BCUT2D eigenvalue weighted by atomic mass is 10.1. The molecule has 0 unspecified atom stereocenters. The van der Waals surface area contributed by atoms with E-state index in [1.165, 1.54) is 20.4 Å². The van der Waals surface area contributed by atoms with Gasteiger partial charge in [-0.2, -0.15) is 0 Å². The summed E-state index contributed by atoms with van der Waals surface area (Å²) in [6.07, 6.45) is 1.32. The highest BCUT2D eigenvalue weighted by Crippen LogP contribution is 2.28. The fourth-order valence-corrected chi connectivity index (χ4v) is 2.55. The van der Waals surface area contributed by atoms with Crippen molar-refractivity contribution in [2.24, 2.45) is 0 Å². The number of carbonyl (C=O) groups excluding carboxylic acids is 2. The number of anilines is 1. The van der Waals surface area contributed by atoms with E-state index in [1.807, 2.05) is 0 Å². The highest BCUT2D eigenvalue weighted by Gasteiger charge is 2.15. The van der Waals surface area contributed by atoms with Gasteiger partial charge >= 0.3 is 5.97 Å². The summed E-state index contributed by atoms with van der Waals surface area (Å²) >= 11 is 12.0. The van der Waals surface area contributed by atoms with E-state index in [1.54, 1.807) is 25.1 Å². The molecule has 0 saturated carbocycles. The fraction of sp³-hybridized carbons (Fsp3) is 0.278. The number of amides is 1. The van der Waals surface area contributed by atoms with Gasteiger partial charge in [0.15, 0.2) is 12.4 Å². The standard InChI is InChI=1S/C18H18Cl2N2O5/c1-10-13(19)8-21-18(17(10)20)22-15(23)9-27-16(24)6-11-4-5-12(25-2)7-14(11)26-3/h4-5,7-8H,6,9H2,1-3H3,(H,21,22,23). The Labute approximate surface area is 166 Å². The van der Waals surface area contributed by atoms with Crippen LogP contribution in [0, 0.1) is 6.92 Å². The zero-order chi connectivity index (χ0) is 20.0. The van der Waals surface area contributed by atoms with Crippen molar-refractivity contribution in [2.45, 2.75) is 13.3 Å². The van der Waals surface area contributed by atoms with Crippen LogP contribution in [-0.2, 0) is 20.7 Å². The number of nitrogens with zero attached hydrogens (tertiary/aromatic N) is 1. The summed E-state index contributed by atoms with van der Waals surface area (Å²) in [5.74, 6) is 0.0897. The van der Waals surface area contributed by atoms with Gasteiger partial charge in [-0.1, -0.05) is 29.3 Å². The molecule has 1 N–H and O–H groups in total. The van der Waals surface area contributed by atoms with E-state index in [9.17, 15) is 9.59 Å². The van der Waals surface area contributed by atoms with Gasteiger partial charge in [-0.25, -0.2) is 4.98 Å². The van der Waals surface area contributed by atoms with Crippen LogP contribution in [0.1, 0.15) is 11.1 Å². The molecular weight excluding hydrogens is 395 g/mol. The van der Waals surface area contributed by atoms with Gasteiger partial charge in [0.25, 0.3) is 5.91 Å². The van der Waals surface area contributed by atoms with E-state index in [2.05, 4.69) is 10.3 Å². The average Bonchev–Trinajstić information content (AvgIpc) is 2.67.